The minimum Gasteiger partial charge on any atom is -0.502 e. The second-order valence-corrected chi connectivity index (χ2v) is 2.43. The third kappa shape index (κ3) is 1.49. The Morgan fingerprint density at radius 2 is 2.21 bits per heavy atom. The molecule has 0 saturated heterocycles. The number of nitro benzene ring substituents is 1. The molecule has 1 N–H and O–H groups in total. The largest absolute Gasteiger partial charge is 0.502 e. The lowest BCUT2D eigenvalue weighted by Crippen LogP contribution is -1.97. The molecule has 6 nitrogen and oxygen atoms in total. The van der Waals surface area contributed by atoms with Crippen LogP contribution >= 0.6 is 0 Å². The molecule has 0 spiro atoms. The maximum atomic E-state index is 10.5. The first kappa shape index (κ1) is 9.97. The van der Waals surface area contributed by atoms with Crippen molar-refractivity contribution in [2.45, 2.75) is 0 Å². The molecule has 0 aliphatic heterocycles. The van der Waals surface area contributed by atoms with E-state index in [1.165, 1.54) is 13.2 Å². The lowest BCUT2D eigenvalue weighted by Gasteiger charge is -2.04. The molecule has 0 radical (unpaired) electrons. The van der Waals surface area contributed by atoms with E-state index >= 15 is 0 Å². The summed E-state index contributed by atoms with van der Waals surface area (Å²) in [5.74, 6) is -0.762. The van der Waals surface area contributed by atoms with Gasteiger partial charge in [-0.05, 0) is 12.1 Å². The molecule has 0 atom stereocenters. The van der Waals surface area contributed by atoms with Crippen molar-refractivity contribution in [1.82, 2.24) is 0 Å². The van der Waals surface area contributed by atoms with Crippen molar-refractivity contribution in [2.24, 2.45) is 0 Å². The third-order valence-electron chi connectivity index (χ3n) is 1.65. The standard InChI is InChI=1S/C8H7NO5/c1-14-8-5(4-10)2-3-6(11)7(8)9(12)13/h2-4,11H,1H3. The Morgan fingerprint density at radius 3 is 2.64 bits per heavy atom. The number of carbonyl (C=O) groups excluding carboxylic acids is 1. The predicted octanol–water partition coefficient (Wildman–Crippen LogP) is 1.12. The number of aldehydes is 1. The van der Waals surface area contributed by atoms with Gasteiger partial charge in [-0.25, -0.2) is 0 Å². The minimum absolute atomic E-state index is 0.0250. The zero-order valence-electron chi connectivity index (χ0n) is 7.26. The van der Waals surface area contributed by atoms with Gasteiger partial charge < -0.3 is 9.84 Å². The van der Waals surface area contributed by atoms with Crippen LogP contribution in [0.15, 0.2) is 12.1 Å². The molecule has 0 amide bonds. The number of ether oxygens (including phenoxy) is 1. The van der Waals surface area contributed by atoms with Crippen molar-refractivity contribution in [2.75, 3.05) is 7.11 Å². The molecule has 1 aromatic rings. The third-order valence-corrected chi connectivity index (χ3v) is 1.65. The molecule has 1 aromatic carbocycles. The number of methoxy groups -OCH3 is 1. The van der Waals surface area contributed by atoms with Crippen molar-refractivity contribution in [1.29, 1.82) is 0 Å². The van der Waals surface area contributed by atoms with Crippen molar-refractivity contribution >= 4 is 12.0 Å². The topological polar surface area (TPSA) is 89.7 Å². The number of benzene rings is 1. The number of phenols is 1. The highest BCUT2D eigenvalue weighted by Gasteiger charge is 2.23. The molecule has 0 aliphatic carbocycles. The van der Waals surface area contributed by atoms with Crippen molar-refractivity contribution < 1.29 is 19.6 Å². The summed E-state index contributed by atoms with van der Waals surface area (Å²) in [5, 5.41) is 19.7. The van der Waals surface area contributed by atoms with Crippen LogP contribution in [0.2, 0.25) is 0 Å². The summed E-state index contributed by atoms with van der Waals surface area (Å²) in [6.07, 6.45) is 0.422. The maximum absolute atomic E-state index is 10.5. The van der Waals surface area contributed by atoms with Crippen molar-refractivity contribution in [3.05, 3.63) is 27.8 Å². The van der Waals surface area contributed by atoms with Crippen LogP contribution in [-0.2, 0) is 0 Å². The Bertz CT molecular complexity index is 388. The smallest absolute Gasteiger partial charge is 0.352 e. The van der Waals surface area contributed by atoms with Gasteiger partial charge in [0.1, 0.15) is 0 Å². The van der Waals surface area contributed by atoms with E-state index in [-0.39, 0.29) is 11.3 Å². The lowest BCUT2D eigenvalue weighted by molar-refractivity contribution is -0.386. The molecule has 0 aromatic heterocycles. The Labute approximate surface area is 78.9 Å². The van der Waals surface area contributed by atoms with Crippen LogP contribution in [0.5, 0.6) is 11.5 Å². The molecule has 74 valence electrons. The van der Waals surface area contributed by atoms with Gasteiger partial charge in [0.25, 0.3) is 0 Å². The van der Waals surface area contributed by atoms with E-state index in [0.29, 0.717) is 6.29 Å². The van der Waals surface area contributed by atoms with Crippen molar-refractivity contribution in [3.63, 3.8) is 0 Å². The molecular weight excluding hydrogens is 190 g/mol. The Hall–Kier alpha value is -2.11. The Kier molecular flexibility index (Phi) is 2.66. The minimum atomic E-state index is -0.804. The number of aromatic hydroxyl groups is 1. The second kappa shape index (κ2) is 3.73. The Balaban J connectivity index is 3.50. The van der Waals surface area contributed by atoms with Crippen LogP contribution in [0.1, 0.15) is 10.4 Å². The lowest BCUT2D eigenvalue weighted by atomic mass is 10.2. The van der Waals surface area contributed by atoms with Crippen LogP contribution in [0.4, 0.5) is 5.69 Å². The van der Waals surface area contributed by atoms with Gasteiger partial charge >= 0.3 is 5.69 Å². The predicted molar refractivity (Wildman–Crippen MR) is 46.7 cm³/mol. The van der Waals surface area contributed by atoms with Gasteiger partial charge in [-0.3, -0.25) is 14.9 Å². The van der Waals surface area contributed by atoms with E-state index in [1.54, 1.807) is 0 Å². The first-order valence-electron chi connectivity index (χ1n) is 3.61. The van der Waals surface area contributed by atoms with Gasteiger partial charge in [0.2, 0.25) is 5.75 Å². The van der Waals surface area contributed by atoms with E-state index < -0.39 is 16.4 Å². The van der Waals surface area contributed by atoms with Gasteiger partial charge in [-0.2, -0.15) is 0 Å². The monoisotopic (exact) mass is 197 g/mol. The summed E-state index contributed by atoms with van der Waals surface area (Å²) in [6.45, 7) is 0. The highest BCUT2D eigenvalue weighted by Crippen LogP contribution is 2.37. The number of nitrogens with zero attached hydrogens (tertiary/aromatic N) is 1. The number of hydrogen-bond donors (Lipinski definition) is 1. The molecule has 6 heteroatoms. The summed E-state index contributed by atoms with van der Waals surface area (Å²) in [4.78, 5) is 20.2. The number of hydrogen-bond acceptors (Lipinski definition) is 5. The van der Waals surface area contributed by atoms with Gasteiger partial charge in [0.05, 0.1) is 17.6 Å². The van der Waals surface area contributed by atoms with Gasteiger partial charge in [0.15, 0.2) is 12.0 Å². The first-order chi connectivity index (χ1) is 6.61. The van der Waals surface area contributed by atoms with E-state index in [0.717, 1.165) is 6.07 Å². The fourth-order valence-corrected chi connectivity index (χ4v) is 1.06. The molecule has 0 saturated carbocycles. The second-order valence-electron chi connectivity index (χ2n) is 2.43. The highest BCUT2D eigenvalue weighted by molar-refractivity contribution is 5.83. The highest BCUT2D eigenvalue weighted by atomic mass is 16.6. The van der Waals surface area contributed by atoms with Crippen LogP contribution in [0.25, 0.3) is 0 Å². The van der Waals surface area contributed by atoms with Crippen LogP contribution < -0.4 is 4.74 Å². The number of phenolic OH excluding ortho intramolecular Hbond substituents is 1. The first-order valence-corrected chi connectivity index (χ1v) is 3.61. The molecule has 0 fully saturated rings. The quantitative estimate of drug-likeness (QED) is 0.445. The summed E-state index contributed by atoms with van der Waals surface area (Å²) < 4.78 is 4.68. The molecule has 0 unspecified atom stereocenters. The maximum Gasteiger partial charge on any atom is 0.352 e. The van der Waals surface area contributed by atoms with E-state index in [4.69, 9.17) is 0 Å². The number of carbonyl (C=O) groups is 1. The SMILES string of the molecule is COc1c(C=O)ccc(O)c1[N+](=O)[O-]. The van der Waals surface area contributed by atoms with Crippen LogP contribution in [0, 0.1) is 10.1 Å². The van der Waals surface area contributed by atoms with Gasteiger partial charge in [0, 0.05) is 0 Å². The van der Waals surface area contributed by atoms with Crippen LogP contribution in [-0.4, -0.2) is 23.4 Å². The normalized spacial score (nSPS) is 9.50. The Morgan fingerprint density at radius 1 is 1.57 bits per heavy atom. The van der Waals surface area contributed by atoms with E-state index in [9.17, 15) is 20.0 Å². The molecule has 0 aliphatic rings. The fraction of sp³-hybridized carbons (Fsp3) is 0.125. The zero-order chi connectivity index (χ0) is 10.7. The van der Waals surface area contributed by atoms with Gasteiger partial charge in [-0.1, -0.05) is 0 Å². The number of rotatable bonds is 3. The molecule has 14 heavy (non-hydrogen) atoms. The average Bonchev–Trinajstić information content (AvgIpc) is 2.16. The average molecular weight is 197 g/mol. The molecule has 0 heterocycles. The van der Waals surface area contributed by atoms with E-state index in [2.05, 4.69) is 4.74 Å². The van der Waals surface area contributed by atoms with E-state index in [1.807, 2.05) is 0 Å². The zero-order valence-corrected chi connectivity index (χ0v) is 7.26. The number of nitro groups is 1. The molecule has 1 rings (SSSR count). The summed E-state index contributed by atoms with van der Waals surface area (Å²) in [7, 11) is 1.19. The fourth-order valence-electron chi connectivity index (χ4n) is 1.06. The van der Waals surface area contributed by atoms with Crippen LogP contribution in [0.3, 0.4) is 0 Å². The summed E-state index contributed by atoms with van der Waals surface area (Å²) >= 11 is 0. The molecule has 0 bridgehead atoms. The summed E-state index contributed by atoms with van der Waals surface area (Å²) in [5.41, 5.74) is -0.575. The van der Waals surface area contributed by atoms with Crippen molar-refractivity contribution in [3.8, 4) is 11.5 Å². The molecular formula is C8H7NO5. The van der Waals surface area contributed by atoms with Gasteiger partial charge in [-0.15, -0.1) is 0 Å². The summed E-state index contributed by atoms with van der Waals surface area (Å²) in [6, 6.07) is 2.32.